The Kier molecular flexibility index (Phi) is 7.70. The van der Waals surface area contributed by atoms with Gasteiger partial charge in [0.2, 0.25) is 0 Å². The van der Waals surface area contributed by atoms with Crippen LogP contribution in [0, 0.1) is 35.5 Å². The second kappa shape index (κ2) is 9.94. The molecule has 0 bridgehead atoms. The van der Waals surface area contributed by atoms with Crippen LogP contribution in [0.25, 0.3) is 0 Å². The normalized spacial score (nSPS) is 29.2. The highest BCUT2D eigenvalue weighted by atomic mass is 14.2. The molecule has 2 aliphatic carbocycles. The Morgan fingerprint density at radius 1 is 0.450 bits per heavy atom. The SMILES string of the molecule is C1#CC(C2C#CCCCCCCC2)CCCCCCC1. The van der Waals surface area contributed by atoms with Gasteiger partial charge in [-0.25, -0.2) is 0 Å². The smallest absolute Gasteiger partial charge is 0.0340 e. The van der Waals surface area contributed by atoms with Crippen LogP contribution in [0.2, 0.25) is 0 Å². The molecule has 0 fully saturated rings. The van der Waals surface area contributed by atoms with Crippen molar-refractivity contribution < 1.29 is 0 Å². The molecular formula is C20H30. The summed E-state index contributed by atoms with van der Waals surface area (Å²) in [4.78, 5) is 0. The van der Waals surface area contributed by atoms with E-state index in [2.05, 4.69) is 23.7 Å². The third-order valence-electron chi connectivity index (χ3n) is 4.69. The molecule has 2 atom stereocenters. The van der Waals surface area contributed by atoms with Crippen molar-refractivity contribution in [1.82, 2.24) is 0 Å². The minimum atomic E-state index is 0.556. The van der Waals surface area contributed by atoms with Gasteiger partial charge in [-0.2, -0.15) is 0 Å². The Labute approximate surface area is 126 Å². The molecule has 0 aromatic carbocycles. The molecule has 2 aliphatic rings. The van der Waals surface area contributed by atoms with Crippen LogP contribution < -0.4 is 0 Å². The van der Waals surface area contributed by atoms with E-state index in [4.69, 9.17) is 0 Å². The van der Waals surface area contributed by atoms with Gasteiger partial charge in [0, 0.05) is 24.7 Å². The molecule has 2 rings (SSSR count). The van der Waals surface area contributed by atoms with Crippen LogP contribution >= 0.6 is 0 Å². The molecule has 0 nitrogen and oxygen atoms in total. The highest BCUT2D eigenvalue weighted by Crippen LogP contribution is 2.26. The van der Waals surface area contributed by atoms with E-state index in [1.54, 1.807) is 0 Å². The lowest BCUT2D eigenvalue weighted by molar-refractivity contribution is 0.404. The fourth-order valence-electron chi connectivity index (χ4n) is 3.37. The van der Waals surface area contributed by atoms with Crippen molar-refractivity contribution in [3.63, 3.8) is 0 Å². The van der Waals surface area contributed by atoms with Gasteiger partial charge in [0.1, 0.15) is 0 Å². The molecule has 0 aromatic heterocycles. The minimum absolute atomic E-state index is 0.556. The first-order valence-electron chi connectivity index (χ1n) is 8.93. The van der Waals surface area contributed by atoms with Crippen molar-refractivity contribution in [2.75, 3.05) is 0 Å². The van der Waals surface area contributed by atoms with Crippen LogP contribution in [0.15, 0.2) is 0 Å². The van der Waals surface area contributed by atoms with Crippen LogP contribution in [-0.2, 0) is 0 Å². The quantitative estimate of drug-likeness (QED) is 0.535. The standard InChI is InChI=1S/C20H30/c1-3-7-11-15-19(16-12-8-4-1)20-17-13-9-5-2-6-10-14-18-20/h19-20H,1-11,13,15,17H2. The molecular weight excluding hydrogens is 240 g/mol. The van der Waals surface area contributed by atoms with E-state index in [-0.39, 0.29) is 0 Å². The second-order valence-electron chi connectivity index (χ2n) is 6.47. The second-order valence-corrected chi connectivity index (χ2v) is 6.47. The number of hydrogen-bond acceptors (Lipinski definition) is 0. The molecule has 0 heteroatoms. The van der Waals surface area contributed by atoms with Crippen LogP contribution in [0.3, 0.4) is 0 Å². The van der Waals surface area contributed by atoms with Crippen LogP contribution in [-0.4, -0.2) is 0 Å². The van der Waals surface area contributed by atoms with Crippen LogP contribution in [0.1, 0.15) is 89.9 Å². The molecule has 0 aliphatic heterocycles. The van der Waals surface area contributed by atoms with Crippen molar-refractivity contribution >= 4 is 0 Å². The average Bonchev–Trinajstić information content (AvgIpc) is 2.50. The van der Waals surface area contributed by atoms with E-state index in [1.807, 2.05) is 0 Å². The van der Waals surface area contributed by atoms with Gasteiger partial charge in [0.05, 0.1) is 0 Å². The molecule has 20 heavy (non-hydrogen) atoms. The first-order chi connectivity index (χ1) is 9.97. The van der Waals surface area contributed by atoms with E-state index in [1.165, 1.54) is 77.0 Å². The fourth-order valence-corrected chi connectivity index (χ4v) is 3.37. The van der Waals surface area contributed by atoms with Gasteiger partial charge in [-0.15, -0.1) is 11.8 Å². The lowest BCUT2D eigenvalue weighted by atomic mass is 9.83. The van der Waals surface area contributed by atoms with E-state index < -0.39 is 0 Å². The first-order valence-corrected chi connectivity index (χ1v) is 8.93. The third-order valence-corrected chi connectivity index (χ3v) is 4.69. The predicted molar refractivity (Wildman–Crippen MR) is 87.2 cm³/mol. The van der Waals surface area contributed by atoms with E-state index >= 15 is 0 Å². The van der Waals surface area contributed by atoms with Gasteiger partial charge in [-0.1, -0.05) is 63.2 Å². The molecule has 0 heterocycles. The maximum Gasteiger partial charge on any atom is 0.0340 e. The van der Waals surface area contributed by atoms with Gasteiger partial charge < -0.3 is 0 Å². The topological polar surface area (TPSA) is 0 Å². The molecule has 110 valence electrons. The highest BCUT2D eigenvalue weighted by molar-refractivity contribution is 5.14. The van der Waals surface area contributed by atoms with E-state index in [0.29, 0.717) is 11.8 Å². The molecule has 0 aromatic rings. The van der Waals surface area contributed by atoms with E-state index in [0.717, 1.165) is 12.8 Å². The minimum Gasteiger partial charge on any atom is -0.103 e. The maximum absolute atomic E-state index is 3.59. The summed E-state index contributed by atoms with van der Waals surface area (Å²) in [6.07, 6.45) is 18.5. The Morgan fingerprint density at radius 2 is 0.850 bits per heavy atom. The summed E-state index contributed by atoms with van der Waals surface area (Å²) < 4.78 is 0. The zero-order valence-electron chi connectivity index (χ0n) is 13.1. The first kappa shape index (κ1) is 15.5. The summed E-state index contributed by atoms with van der Waals surface area (Å²) >= 11 is 0. The lowest BCUT2D eigenvalue weighted by Gasteiger charge is -2.19. The highest BCUT2D eigenvalue weighted by Gasteiger charge is 2.17. The zero-order chi connectivity index (χ0) is 13.9. The largest absolute Gasteiger partial charge is 0.103 e. The van der Waals surface area contributed by atoms with Crippen molar-refractivity contribution in [1.29, 1.82) is 0 Å². The monoisotopic (exact) mass is 270 g/mol. The van der Waals surface area contributed by atoms with E-state index in [9.17, 15) is 0 Å². The molecule has 0 N–H and O–H groups in total. The van der Waals surface area contributed by atoms with Crippen molar-refractivity contribution in [3.05, 3.63) is 0 Å². The molecule has 0 spiro atoms. The summed E-state index contributed by atoms with van der Waals surface area (Å²) in [5.74, 6) is 15.2. The van der Waals surface area contributed by atoms with Gasteiger partial charge >= 0.3 is 0 Å². The Morgan fingerprint density at radius 3 is 1.35 bits per heavy atom. The fraction of sp³-hybridized carbons (Fsp3) is 0.800. The lowest BCUT2D eigenvalue weighted by Crippen LogP contribution is -2.13. The Hall–Kier alpha value is -0.880. The van der Waals surface area contributed by atoms with Gasteiger partial charge in [0.15, 0.2) is 0 Å². The molecule has 0 saturated heterocycles. The van der Waals surface area contributed by atoms with Crippen molar-refractivity contribution in [2.24, 2.45) is 11.8 Å². The van der Waals surface area contributed by atoms with Gasteiger partial charge in [-0.05, 0) is 25.7 Å². The zero-order valence-corrected chi connectivity index (χ0v) is 13.1. The summed E-state index contributed by atoms with van der Waals surface area (Å²) in [7, 11) is 0. The van der Waals surface area contributed by atoms with Crippen molar-refractivity contribution in [2.45, 2.75) is 89.9 Å². The van der Waals surface area contributed by atoms with Crippen molar-refractivity contribution in [3.8, 4) is 23.7 Å². The maximum atomic E-state index is 3.59. The number of rotatable bonds is 1. The average molecular weight is 270 g/mol. The van der Waals surface area contributed by atoms with Gasteiger partial charge in [-0.3, -0.25) is 0 Å². The third kappa shape index (κ3) is 6.05. The van der Waals surface area contributed by atoms with Crippen LogP contribution in [0.4, 0.5) is 0 Å². The Bertz CT molecular complexity index is 332. The Balaban J connectivity index is 1.99. The summed E-state index contributed by atoms with van der Waals surface area (Å²) in [5, 5.41) is 0. The number of hydrogen-bond donors (Lipinski definition) is 0. The van der Waals surface area contributed by atoms with Crippen LogP contribution in [0.5, 0.6) is 0 Å². The van der Waals surface area contributed by atoms with Gasteiger partial charge in [0.25, 0.3) is 0 Å². The summed E-state index contributed by atoms with van der Waals surface area (Å²) in [6, 6.07) is 0. The molecule has 0 amide bonds. The summed E-state index contributed by atoms with van der Waals surface area (Å²) in [5.41, 5.74) is 0. The molecule has 0 radical (unpaired) electrons. The summed E-state index contributed by atoms with van der Waals surface area (Å²) in [6.45, 7) is 0. The molecule has 0 saturated carbocycles. The molecule has 2 unspecified atom stereocenters. The predicted octanol–water partition coefficient (Wildman–Crippen LogP) is 5.71.